The summed E-state index contributed by atoms with van der Waals surface area (Å²) in [5.41, 5.74) is 0. The van der Waals surface area contributed by atoms with Gasteiger partial charge in [0.25, 0.3) is 0 Å². The van der Waals surface area contributed by atoms with E-state index in [0.29, 0.717) is 0 Å². The van der Waals surface area contributed by atoms with E-state index < -0.39 is 23.7 Å². The van der Waals surface area contributed by atoms with Crippen LogP contribution in [0, 0.1) is 5.92 Å². The van der Waals surface area contributed by atoms with Gasteiger partial charge in [-0.05, 0) is 6.42 Å². The van der Waals surface area contributed by atoms with E-state index in [9.17, 15) is 22.8 Å². The van der Waals surface area contributed by atoms with Crippen LogP contribution in [-0.2, 0) is 9.59 Å². The first-order valence-electron chi connectivity index (χ1n) is 3.55. The van der Waals surface area contributed by atoms with Gasteiger partial charge in [-0.2, -0.15) is 13.2 Å². The molecule has 1 aliphatic rings. The van der Waals surface area contributed by atoms with Crippen LogP contribution in [0.4, 0.5) is 13.2 Å². The maximum Gasteiger partial charge on any atom is 0.405 e. The summed E-state index contributed by atoms with van der Waals surface area (Å²) in [6.07, 6.45) is -4.69. The largest absolute Gasteiger partial charge is 0.405 e. The van der Waals surface area contributed by atoms with Crippen LogP contribution in [-0.4, -0.2) is 17.7 Å². The third kappa shape index (κ3) is 1.65. The molecule has 0 bridgehead atoms. The molecule has 68 valence electrons. The van der Waals surface area contributed by atoms with Crippen molar-refractivity contribution in [1.82, 2.24) is 0 Å². The number of hydrogen-bond acceptors (Lipinski definition) is 2. The quantitative estimate of drug-likeness (QED) is 0.529. The molecule has 0 radical (unpaired) electrons. The highest BCUT2D eigenvalue weighted by Crippen LogP contribution is 2.32. The normalized spacial score (nSPS) is 21.6. The van der Waals surface area contributed by atoms with E-state index in [-0.39, 0.29) is 19.3 Å². The minimum Gasteiger partial charge on any atom is -0.299 e. The van der Waals surface area contributed by atoms with Gasteiger partial charge in [-0.25, -0.2) is 0 Å². The molecule has 5 heteroatoms. The van der Waals surface area contributed by atoms with Gasteiger partial charge in [0.05, 0.1) is 0 Å². The zero-order valence-electron chi connectivity index (χ0n) is 6.15. The molecule has 0 aromatic heterocycles. The number of ketones is 2. The highest BCUT2D eigenvalue weighted by Gasteiger charge is 2.50. The first-order chi connectivity index (χ1) is 5.43. The Morgan fingerprint density at radius 1 is 1.08 bits per heavy atom. The number of rotatable bonds is 0. The van der Waals surface area contributed by atoms with E-state index in [0.717, 1.165) is 0 Å². The number of Topliss-reactive ketones (excluding diaryl/α,β-unsaturated/α-hetero) is 2. The first-order valence-corrected chi connectivity index (χ1v) is 3.55. The molecule has 0 spiro atoms. The second kappa shape index (κ2) is 2.88. The lowest BCUT2D eigenvalue weighted by molar-refractivity contribution is -0.187. The minimum atomic E-state index is -4.69. The SMILES string of the molecule is O=C1CCCC(=O)C1C(F)(F)F. The molecule has 0 amide bonds. The van der Waals surface area contributed by atoms with E-state index >= 15 is 0 Å². The number of halogens is 3. The summed E-state index contributed by atoms with van der Waals surface area (Å²) >= 11 is 0. The summed E-state index contributed by atoms with van der Waals surface area (Å²) in [7, 11) is 0. The number of hydrogen-bond donors (Lipinski definition) is 0. The average molecular weight is 180 g/mol. The van der Waals surface area contributed by atoms with E-state index in [1.54, 1.807) is 0 Å². The summed E-state index contributed by atoms with van der Waals surface area (Å²) in [5.74, 6) is -4.32. The molecule has 1 aliphatic carbocycles. The molecule has 0 saturated heterocycles. The third-order valence-corrected chi connectivity index (χ3v) is 1.82. The zero-order chi connectivity index (χ0) is 9.35. The Hall–Kier alpha value is -0.870. The van der Waals surface area contributed by atoms with Crippen LogP contribution < -0.4 is 0 Å². The summed E-state index contributed by atoms with van der Waals surface area (Å²) in [6.45, 7) is 0. The molecule has 0 aromatic rings. The van der Waals surface area contributed by atoms with Gasteiger partial charge in [0, 0.05) is 12.8 Å². The molecular weight excluding hydrogens is 173 g/mol. The van der Waals surface area contributed by atoms with E-state index in [1.165, 1.54) is 0 Å². The van der Waals surface area contributed by atoms with Crippen molar-refractivity contribution in [3.63, 3.8) is 0 Å². The Balaban J connectivity index is 2.84. The van der Waals surface area contributed by atoms with Crippen LogP contribution in [0.5, 0.6) is 0 Å². The maximum absolute atomic E-state index is 12.0. The van der Waals surface area contributed by atoms with Gasteiger partial charge in [0.1, 0.15) is 0 Å². The molecule has 2 nitrogen and oxygen atoms in total. The topological polar surface area (TPSA) is 34.1 Å². The van der Waals surface area contributed by atoms with Crippen LogP contribution in [0.2, 0.25) is 0 Å². The summed E-state index contributed by atoms with van der Waals surface area (Å²) in [4.78, 5) is 21.4. The molecule has 1 saturated carbocycles. The van der Waals surface area contributed by atoms with E-state index in [4.69, 9.17) is 0 Å². The molecule has 0 heterocycles. The summed E-state index contributed by atoms with van der Waals surface area (Å²) in [5, 5.41) is 0. The van der Waals surface area contributed by atoms with Crippen molar-refractivity contribution >= 4 is 11.6 Å². The Morgan fingerprint density at radius 2 is 1.50 bits per heavy atom. The molecule has 0 N–H and O–H groups in total. The van der Waals surface area contributed by atoms with Crippen LogP contribution in [0.1, 0.15) is 19.3 Å². The van der Waals surface area contributed by atoms with Crippen molar-refractivity contribution < 1.29 is 22.8 Å². The minimum absolute atomic E-state index is 0.129. The summed E-state index contributed by atoms with van der Waals surface area (Å²) < 4.78 is 36.0. The molecule has 12 heavy (non-hydrogen) atoms. The molecule has 1 rings (SSSR count). The second-order valence-corrected chi connectivity index (χ2v) is 2.76. The maximum atomic E-state index is 12.0. The van der Waals surface area contributed by atoms with Crippen LogP contribution in [0.25, 0.3) is 0 Å². The molecule has 0 unspecified atom stereocenters. The van der Waals surface area contributed by atoms with Gasteiger partial charge in [-0.3, -0.25) is 9.59 Å². The molecular formula is C7H7F3O2. The molecule has 0 atom stereocenters. The fourth-order valence-electron chi connectivity index (χ4n) is 1.27. The smallest absolute Gasteiger partial charge is 0.299 e. The van der Waals surface area contributed by atoms with Gasteiger partial charge in [-0.15, -0.1) is 0 Å². The number of carbonyl (C=O) groups excluding carboxylic acids is 2. The van der Waals surface area contributed by atoms with Crippen LogP contribution >= 0.6 is 0 Å². The van der Waals surface area contributed by atoms with Crippen molar-refractivity contribution in [1.29, 1.82) is 0 Å². The molecule has 0 aliphatic heterocycles. The van der Waals surface area contributed by atoms with Gasteiger partial charge >= 0.3 is 6.18 Å². The van der Waals surface area contributed by atoms with Gasteiger partial charge in [0.15, 0.2) is 17.5 Å². The fraction of sp³-hybridized carbons (Fsp3) is 0.714. The lowest BCUT2D eigenvalue weighted by Gasteiger charge is -2.21. The van der Waals surface area contributed by atoms with Crippen molar-refractivity contribution in [3.05, 3.63) is 0 Å². The zero-order valence-corrected chi connectivity index (χ0v) is 6.15. The number of alkyl halides is 3. The van der Waals surface area contributed by atoms with Gasteiger partial charge < -0.3 is 0 Å². The van der Waals surface area contributed by atoms with E-state index in [2.05, 4.69) is 0 Å². The number of carbonyl (C=O) groups is 2. The van der Waals surface area contributed by atoms with Crippen molar-refractivity contribution in [2.75, 3.05) is 0 Å². The van der Waals surface area contributed by atoms with Gasteiger partial charge in [-0.1, -0.05) is 0 Å². The molecule has 0 aromatic carbocycles. The average Bonchev–Trinajstić information content (AvgIpc) is 1.82. The summed E-state index contributed by atoms with van der Waals surface area (Å²) in [6, 6.07) is 0. The highest BCUT2D eigenvalue weighted by atomic mass is 19.4. The lowest BCUT2D eigenvalue weighted by Crippen LogP contribution is -2.40. The Labute approximate surface area is 66.7 Å². The van der Waals surface area contributed by atoms with Crippen LogP contribution in [0.3, 0.4) is 0 Å². The Bertz CT molecular complexity index is 203. The Morgan fingerprint density at radius 3 is 1.75 bits per heavy atom. The molecule has 1 fully saturated rings. The van der Waals surface area contributed by atoms with Crippen molar-refractivity contribution in [2.45, 2.75) is 25.4 Å². The van der Waals surface area contributed by atoms with Crippen molar-refractivity contribution in [2.24, 2.45) is 5.92 Å². The predicted molar refractivity (Wildman–Crippen MR) is 33.4 cm³/mol. The highest BCUT2D eigenvalue weighted by molar-refractivity contribution is 6.05. The Kier molecular flexibility index (Phi) is 2.21. The van der Waals surface area contributed by atoms with Gasteiger partial charge in [0.2, 0.25) is 0 Å². The first kappa shape index (κ1) is 9.22. The standard InChI is InChI=1S/C7H7F3O2/c8-7(9,10)6-4(11)2-1-3-5(6)12/h6H,1-3H2. The van der Waals surface area contributed by atoms with E-state index in [1.807, 2.05) is 0 Å². The predicted octanol–water partition coefficient (Wildman–Crippen LogP) is 1.49. The third-order valence-electron chi connectivity index (χ3n) is 1.82. The lowest BCUT2D eigenvalue weighted by atomic mass is 9.86. The second-order valence-electron chi connectivity index (χ2n) is 2.76. The van der Waals surface area contributed by atoms with Crippen LogP contribution in [0.15, 0.2) is 0 Å². The fourth-order valence-corrected chi connectivity index (χ4v) is 1.27. The monoisotopic (exact) mass is 180 g/mol. The van der Waals surface area contributed by atoms with Crippen molar-refractivity contribution in [3.8, 4) is 0 Å².